The highest BCUT2D eigenvalue weighted by Gasteiger charge is 2.29. The minimum Gasteiger partial charge on any atom is -0.316 e. The first-order valence-corrected chi connectivity index (χ1v) is 3.49. The quantitative estimate of drug-likeness (QED) is 0.424. The fourth-order valence-corrected chi connectivity index (χ4v) is 0.955. The van der Waals surface area contributed by atoms with Crippen molar-refractivity contribution in [2.24, 2.45) is 5.34 Å². The third-order valence-electron chi connectivity index (χ3n) is 1.49. The van der Waals surface area contributed by atoms with E-state index in [4.69, 9.17) is 0 Å². The molecule has 0 spiro atoms. The van der Waals surface area contributed by atoms with Gasteiger partial charge in [-0.05, 0) is 6.07 Å². The van der Waals surface area contributed by atoms with E-state index in [9.17, 15) is 25.1 Å². The molecule has 0 radical (unpaired) electrons. The Bertz CT molecular complexity index is 431. The van der Waals surface area contributed by atoms with Crippen LogP contribution in [0.1, 0.15) is 0 Å². The third-order valence-corrected chi connectivity index (χ3v) is 1.49. The van der Waals surface area contributed by atoms with Gasteiger partial charge in [-0.2, -0.15) is 0 Å². The summed E-state index contributed by atoms with van der Waals surface area (Å²) >= 11 is 0. The largest absolute Gasteiger partial charge is 0.390 e. The molecule has 1 rings (SSSR count). The normalized spacial score (nSPS) is 9.33. The van der Waals surface area contributed by atoms with E-state index in [1.165, 1.54) is 0 Å². The number of nitro groups is 2. The van der Waals surface area contributed by atoms with Crippen LogP contribution < -0.4 is 4.84 Å². The zero-order chi connectivity index (χ0) is 11.4. The Labute approximate surface area is 81.5 Å². The minimum absolute atomic E-state index is 0.566. The monoisotopic (exact) mass is 213 g/mol. The van der Waals surface area contributed by atoms with Crippen molar-refractivity contribution in [3.63, 3.8) is 0 Å². The number of nitrogens with zero attached hydrogens (tertiary/aromatic N) is 3. The molecule has 0 N–H and O–H groups in total. The van der Waals surface area contributed by atoms with E-state index in [0.29, 0.717) is 0 Å². The summed E-state index contributed by atoms with van der Waals surface area (Å²) in [7, 11) is 0. The molecule has 0 unspecified atom stereocenters. The van der Waals surface area contributed by atoms with Gasteiger partial charge in [-0.25, -0.2) is 0 Å². The smallest absolute Gasteiger partial charge is 0.316 e. The van der Waals surface area contributed by atoms with Gasteiger partial charge in [0.2, 0.25) is 5.75 Å². The van der Waals surface area contributed by atoms with Gasteiger partial charge in [0.25, 0.3) is 0 Å². The van der Waals surface area contributed by atoms with E-state index in [0.717, 1.165) is 18.2 Å². The molecule has 0 saturated heterocycles. The van der Waals surface area contributed by atoms with E-state index in [1.807, 2.05) is 5.34 Å². The summed E-state index contributed by atoms with van der Waals surface area (Å²) in [5.74, 6) is -0.566. The molecule has 78 valence electrons. The summed E-state index contributed by atoms with van der Waals surface area (Å²) in [4.78, 5) is 32.7. The van der Waals surface area contributed by atoms with Gasteiger partial charge < -0.3 is 4.84 Å². The molecular weight excluding hydrogens is 210 g/mol. The standard InChI is InChI=1S/C6H3N3O6/c10-7-15-5-3-1-2-4(8(11)12)6(5)9(13)14/h1-3H. The molecule has 0 amide bonds. The number of para-hydroxylation sites is 1. The summed E-state index contributed by atoms with van der Waals surface area (Å²) in [6.07, 6.45) is 0. The van der Waals surface area contributed by atoms with E-state index in [1.54, 1.807) is 0 Å². The van der Waals surface area contributed by atoms with E-state index < -0.39 is 27.0 Å². The Kier molecular flexibility index (Phi) is 2.86. The molecule has 9 heteroatoms. The number of benzene rings is 1. The van der Waals surface area contributed by atoms with Crippen molar-refractivity contribution in [3.8, 4) is 5.75 Å². The van der Waals surface area contributed by atoms with Crippen LogP contribution in [-0.4, -0.2) is 9.85 Å². The molecule has 0 atom stereocenters. The average molecular weight is 213 g/mol. The van der Waals surface area contributed by atoms with Crippen LogP contribution in [0.4, 0.5) is 11.4 Å². The minimum atomic E-state index is -1.02. The molecule has 9 nitrogen and oxygen atoms in total. The predicted octanol–water partition coefficient (Wildman–Crippen LogP) is 1.56. The number of hydrogen-bond acceptors (Lipinski definition) is 7. The Morgan fingerprint density at radius 1 is 1.20 bits per heavy atom. The van der Waals surface area contributed by atoms with Crippen molar-refractivity contribution in [2.45, 2.75) is 0 Å². The molecule has 0 aliphatic heterocycles. The van der Waals surface area contributed by atoms with Gasteiger partial charge >= 0.3 is 11.4 Å². The van der Waals surface area contributed by atoms with Crippen LogP contribution >= 0.6 is 0 Å². The number of hydrogen-bond donors (Lipinski definition) is 0. The van der Waals surface area contributed by atoms with Crippen molar-refractivity contribution in [1.82, 2.24) is 0 Å². The van der Waals surface area contributed by atoms with Crippen molar-refractivity contribution in [2.75, 3.05) is 0 Å². The first-order valence-electron chi connectivity index (χ1n) is 3.49. The highest BCUT2D eigenvalue weighted by molar-refractivity contribution is 5.61. The van der Waals surface area contributed by atoms with Crippen LogP contribution in [-0.2, 0) is 0 Å². The molecule has 0 aromatic heterocycles. The van der Waals surface area contributed by atoms with Crippen LogP contribution in [0.5, 0.6) is 5.75 Å². The van der Waals surface area contributed by atoms with Crippen LogP contribution in [0, 0.1) is 25.1 Å². The third kappa shape index (κ3) is 2.02. The number of rotatable bonds is 4. The molecule has 15 heavy (non-hydrogen) atoms. The molecule has 0 saturated carbocycles. The molecule has 0 aliphatic carbocycles. The second-order valence-electron chi connectivity index (χ2n) is 2.30. The Balaban J connectivity index is 3.40. The van der Waals surface area contributed by atoms with Gasteiger partial charge in [0, 0.05) is 6.07 Å². The molecule has 1 aromatic carbocycles. The van der Waals surface area contributed by atoms with Crippen molar-refractivity contribution < 1.29 is 14.7 Å². The van der Waals surface area contributed by atoms with Gasteiger partial charge in [-0.1, -0.05) is 6.07 Å². The van der Waals surface area contributed by atoms with Gasteiger partial charge in [0.1, 0.15) is 0 Å². The van der Waals surface area contributed by atoms with E-state index >= 15 is 0 Å². The highest BCUT2D eigenvalue weighted by atomic mass is 16.7. The van der Waals surface area contributed by atoms with Crippen molar-refractivity contribution in [1.29, 1.82) is 0 Å². The van der Waals surface area contributed by atoms with Crippen LogP contribution in [0.2, 0.25) is 0 Å². The average Bonchev–Trinajstić information content (AvgIpc) is 2.17. The molecular formula is C6H3N3O6. The Morgan fingerprint density at radius 3 is 2.33 bits per heavy atom. The Hall–Kier alpha value is -2.58. The van der Waals surface area contributed by atoms with Gasteiger partial charge in [0.05, 0.1) is 9.85 Å². The molecule has 1 aromatic rings. The first kappa shape index (κ1) is 10.5. The summed E-state index contributed by atoms with van der Waals surface area (Å²) in [6, 6.07) is 3.11. The fraction of sp³-hybridized carbons (Fsp3) is 0. The molecule has 0 heterocycles. The summed E-state index contributed by atoms with van der Waals surface area (Å²) in [6.45, 7) is 0. The maximum atomic E-state index is 10.5. The van der Waals surface area contributed by atoms with Gasteiger partial charge in [0.15, 0.2) is 5.34 Å². The summed E-state index contributed by atoms with van der Waals surface area (Å²) in [5, 5.41) is 22.9. The lowest BCUT2D eigenvalue weighted by molar-refractivity contribution is -0.423. The maximum absolute atomic E-state index is 10.5. The zero-order valence-electron chi connectivity index (χ0n) is 7.02. The Morgan fingerprint density at radius 2 is 1.87 bits per heavy atom. The lowest BCUT2D eigenvalue weighted by Crippen LogP contribution is -1.98. The number of nitro benzene ring substituents is 2. The summed E-state index contributed by atoms with van der Waals surface area (Å²) < 4.78 is 0. The highest BCUT2D eigenvalue weighted by Crippen LogP contribution is 2.35. The summed E-state index contributed by atoms with van der Waals surface area (Å²) in [5.41, 5.74) is -1.66. The fourth-order valence-electron chi connectivity index (χ4n) is 0.955. The van der Waals surface area contributed by atoms with E-state index in [-0.39, 0.29) is 0 Å². The van der Waals surface area contributed by atoms with Crippen molar-refractivity contribution in [3.05, 3.63) is 43.3 Å². The molecule has 0 aliphatic rings. The lowest BCUT2D eigenvalue weighted by atomic mass is 10.2. The van der Waals surface area contributed by atoms with E-state index in [2.05, 4.69) is 4.84 Å². The lowest BCUT2D eigenvalue weighted by Gasteiger charge is -1.97. The van der Waals surface area contributed by atoms with Crippen LogP contribution in [0.25, 0.3) is 0 Å². The SMILES string of the molecule is O=NOc1cccc([N+](=O)[O-])c1[N+](=O)[O-]. The molecule has 0 bridgehead atoms. The maximum Gasteiger partial charge on any atom is 0.390 e. The zero-order valence-corrected chi connectivity index (χ0v) is 7.02. The van der Waals surface area contributed by atoms with Crippen LogP contribution in [0.3, 0.4) is 0 Å². The van der Waals surface area contributed by atoms with Crippen LogP contribution in [0.15, 0.2) is 23.5 Å². The predicted molar refractivity (Wildman–Crippen MR) is 46.2 cm³/mol. The first-order chi connectivity index (χ1) is 7.07. The molecule has 0 fully saturated rings. The van der Waals surface area contributed by atoms with Crippen molar-refractivity contribution >= 4 is 11.4 Å². The second kappa shape index (κ2) is 4.09. The second-order valence-corrected chi connectivity index (χ2v) is 2.30. The van der Waals surface area contributed by atoms with Gasteiger partial charge in [-0.3, -0.25) is 20.2 Å². The topological polar surface area (TPSA) is 125 Å². The van der Waals surface area contributed by atoms with Gasteiger partial charge in [-0.15, -0.1) is 4.91 Å².